The third-order valence-electron chi connectivity index (χ3n) is 4.80. The fourth-order valence-electron chi connectivity index (χ4n) is 3.43. The Hall–Kier alpha value is -3.41. The molecule has 0 aliphatic carbocycles. The van der Waals surface area contributed by atoms with Crippen LogP contribution in [-0.2, 0) is 25.4 Å². The van der Waals surface area contributed by atoms with E-state index < -0.39 is 47.8 Å². The average molecular weight is 475 g/mol. The molecule has 0 aromatic heterocycles. The van der Waals surface area contributed by atoms with Crippen molar-refractivity contribution in [3.8, 4) is 12.3 Å². The number of terminal acetylenes is 1. The number of likely N-dealkylation sites (tertiary alicyclic amines) is 1. The maximum absolute atomic E-state index is 13.1. The highest BCUT2D eigenvalue weighted by Gasteiger charge is 2.50. The van der Waals surface area contributed by atoms with E-state index in [2.05, 4.69) is 11.2 Å². The Morgan fingerprint density at radius 3 is 2.12 bits per heavy atom. The van der Waals surface area contributed by atoms with E-state index >= 15 is 0 Å². The highest BCUT2D eigenvalue weighted by molar-refractivity contribution is 5.71. The van der Waals surface area contributed by atoms with Crippen LogP contribution >= 0.6 is 0 Å². The number of hydrogen-bond acceptors (Lipinski definition) is 7. The predicted octanol–water partition coefficient (Wildman–Crippen LogP) is 3.87. The summed E-state index contributed by atoms with van der Waals surface area (Å²) in [6.45, 7) is 10.3. The van der Waals surface area contributed by atoms with Crippen LogP contribution in [0.5, 0.6) is 0 Å². The van der Waals surface area contributed by atoms with Crippen molar-refractivity contribution in [2.24, 2.45) is 0 Å². The first-order chi connectivity index (χ1) is 15.7. The minimum absolute atomic E-state index is 0.0388. The van der Waals surface area contributed by atoms with Crippen LogP contribution in [0.2, 0.25) is 0 Å². The summed E-state index contributed by atoms with van der Waals surface area (Å²) in [6, 6.07) is 6.57. The molecule has 0 radical (unpaired) electrons. The lowest BCUT2D eigenvalue weighted by Gasteiger charge is -2.30. The fourth-order valence-corrected chi connectivity index (χ4v) is 3.43. The predicted molar refractivity (Wildman–Crippen MR) is 125 cm³/mol. The minimum Gasteiger partial charge on any atom is -0.444 e. The van der Waals surface area contributed by atoms with E-state index in [-0.39, 0.29) is 6.54 Å². The van der Waals surface area contributed by atoms with Crippen molar-refractivity contribution < 1.29 is 33.3 Å². The molecule has 0 unspecified atom stereocenters. The van der Waals surface area contributed by atoms with Gasteiger partial charge in [-0.2, -0.15) is 0 Å². The Labute approximate surface area is 201 Å². The summed E-state index contributed by atoms with van der Waals surface area (Å²) in [7, 11) is 1.42. The quantitative estimate of drug-likeness (QED) is 0.401. The van der Waals surface area contributed by atoms with Gasteiger partial charge in [0.15, 0.2) is 12.2 Å². The lowest BCUT2D eigenvalue weighted by Crippen LogP contribution is -2.46. The molecule has 1 aliphatic heterocycles. The van der Waals surface area contributed by atoms with Crippen LogP contribution < -0.4 is 5.32 Å². The van der Waals surface area contributed by atoms with Crippen molar-refractivity contribution >= 4 is 18.3 Å². The number of rotatable bonds is 4. The Morgan fingerprint density at radius 1 is 1.03 bits per heavy atom. The van der Waals surface area contributed by atoms with Crippen LogP contribution in [0.3, 0.4) is 0 Å². The summed E-state index contributed by atoms with van der Waals surface area (Å²) in [5.41, 5.74) is 0.0251. The molecule has 2 rings (SSSR count). The van der Waals surface area contributed by atoms with Crippen LogP contribution in [0.1, 0.15) is 52.7 Å². The Bertz CT molecular complexity index is 923. The maximum atomic E-state index is 13.1. The van der Waals surface area contributed by atoms with Crippen molar-refractivity contribution in [3.63, 3.8) is 0 Å². The van der Waals surface area contributed by atoms with Gasteiger partial charge in [0.2, 0.25) is 0 Å². The standard InChI is InChI=1S/C25H34N2O7/c1-9-16-10-12-17(13-11-16)14-18-20(32-21(28)26-8)19(31-23(30)34-25(5,6)7)15-27(18)22(29)33-24(2,3)4/h1,10-13,18-20H,14-15H2,2-8H3,(H,26,28)/t18-,19+,20+/m1/s1. The van der Waals surface area contributed by atoms with E-state index in [4.69, 9.17) is 25.4 Å². The number of nitrogens with zero attached hydrogens (tertiary/aromatic N) is 1. The summed E-state index contributed by atoms with van der Waals surface area (Å²) < 4.78 is 21.9. The van der Waals surface area contributed by atoms with E-state index in [1.165, 1.54) is 11.9 Å². The van der Waals surface area contributed by atoms with E-state index in [0.717, 1.165) is 5.56 Å². The molecule has 1 saturated heterocycles. The molecule has 0 spiro atoms. The Balaban J connectivity index is 2.39. The molecule has 1 aromatic rings. The summed E-state index contributed by atoms with van der Waals surface area (Å²) >= 11 is 0. The van der Waals surface area contributed by atoms with Crippen molar-refractivity contribution in [2.75, 3.05) is 13.6 Å². The van der Waals surface area contributed by atoms with Gasteiger partial charge in [0, 0.05) is 12.6 Å². The molecule has 34 heavy (non-hydrogen) atoms. The SMILES string of the molecule is C#Cc1ccc(C[C@@H]2[C@H](OC(=O)NC)[C@@H](OC(=O)OC(C)(C)C)CN2C(=O)OC(C)(C)C)cc1. The van der Waals surface area contributed by atoms with Gasteiger partial charge in [0.1, 0.15) is 11.2 Å². The number of alkyl carbamates (subject to hydrolysis) is 1. The molecule has 1 aromatic carbocycles. The molecular weight excluding hydrogens is 440 g/mol. The summed E-state index contributed by atoms with van der Waals surface area (Å²) in [6.07, 6.45) is 1.56. The lowest BCUT2D eigenvalue weighted by molar-refractivity contribution is -0.0516. The molecule has 0 bridgehead atoms. The highest BCUT2D eigenvalue weighted by atomic mass is 16.7. The summed E-state index contributed by atoms with van der Waals surface area (Å²) in [5, 5.41) is 2.40. The number of benzene rings is 1. The zero-order valence-electron chi connectivity index (χ0n) is 20.8. The molecule has 1 heterocycles. The first-order valence-electron chi connectivity index (χ1n) is 11.1. The average Bonchev–Trinajstić information content (AvgIpc) is 3.02. The lowest BCUT2D eigenvalue weighted by atomic mass is 10.00. The molecule has 1 fully saturated rings. The largest absolute Gasteiger partial charge is 0.509 e. The zero-order chi connectivity index (χ0) is 25.7. The van der Waals surface area contributed by atoms with Crippen molar-refractivity contribution in [3.05, 3.63) is 35.4 Å². The molecule has 2 amide bonds. The molecule has 186 valence electrons. The first kappa shape index (κ1) is 26.8. The third-order valence-corrected chi connectivity index (χ3v) is 4.80. The van der Waals surface area contributed by atoms with Crippen molar-refractivity contribution in [2.45, 2.75) is 77.4 Å². The second-order valence-electron chi connectivity index (χ2n) is 9.99. The molecule has 9 heteroatoms. The molecule has 3 atom stereocenters. The van der Waals surface area contributed by atoms with Gasteiger partial charge < -0.3 is 24.3 Å². The van der Waals surface area contributed by atoms with Gasteiger partial charge in [0.25, 0.3) is 0 Å². The number of nitrogens with one attached hydrogen (secondary N) is 1. The first-order valence-corrected chi connectivity index (χ1v) is 11.1. The Kier molecular flexibility index (Phi) is 8.43. The summed E-state index contributed by atoms with van der Waals surface area (Å²) in [5.74, 6) is 2.56. The number of carbonyl (C=O) groups is 3. The van der Waals surface area contributed by atoms with Gasteiger partial charge in [-0.05, 0) is 65.7 Å². The van der Waals surface area contributed by atoms with E-state index in [1.807, 2.05) is 12.1 Å². The zero-order valence-corrected chi connectivity index (χ0v) is 20.8. The number of hydrogen-bond donors (Lipinski definition) is 1. The topological polar surface area (TPSA) is 103 Å². The van der Waals surface area contributed by atoms with Crippen LogP contribution in [0.25, 0.3) is 0 Å². The minimum atomic E-state index is -0.965. The van der Waals surface area contributed by atoms with Gasteiger partial charge in [-0.15, -0.1) is 6.42 Å². The van der Waals surface area contributed by atoms with E-state index in [0.29, 0.717) is 12.0 Å². The van der Waals surface area contributed by atoms with Gasteiger partial charge in [-0.1, -0.05) is 18.1 Å². The maximum Gasteiger partial charge on any atom is 0.509 e. The van der Waals surface area contributed by atoms with Gasteiger partial charge in [0.05, 0.1) is 12.6 Å². The normalized spacial score (nSPS) is 20.2. The highest BCUT2D eigenvalue weighted by Crippen LogP contribution is 2.30. The number of amides is 2. The van der Waals surface area contributed by atoms with Gasteiger partial charge in [-0.3, -0.25) is 4.90 Å². The second-order valence-corrected chi connectivity index (χ2v) is 9.99. The molecule has 0 saturated carbocycles. The van der Waals surface area contributed by atoms with Crippen LogP contribution in [0.4, 0.5) is 14.4 Å². The van der Waals surface area contributed by atoms with E-state index in [9.17, 15) is 14.4 Å². The fraction of sp³-hybridized carbons (Fsp3) is 0.560. The Morgan fingerprint density at radius 2 is 1.62 bits per heavy atom. The van der Waals surface area contributed by atoms with Crippen molar-refractivity contribution in [1.29, 1.82) is 0 Å². The monoisotopic (exact) mass is 474 g/mol. The number of ether oxygens (including phenoxy) is 4. The summed E-state index contributed by atoms with van der Waals surface area (Å²) in [4.78, 5) is 39.0. The second kappa shape index (κ2) is 10.7. The van der Waals surface area contributed by atoms with Gasteiger partial charge >= 0.3 is 18.3 Å². The van der Waals surface area contributed by atoms with Crippen molar-refractivity contribution in [1.82, 2.24) is 10.2 Å². The van der Waals surface area contributed by atoms with Crippen LogP contribution in [-0.4, -0.2) is 66.3 Å². The molecule has 1 N–H and O–H groups in total. The number of carbonyl (C=O) groups excluding carboxylic acids is 3. The molecule has 9 nitrogen and oxygen atoms in total. The smallest absolute Gasteiger partial charge is 0.444 e. The third kappa shape index (κ3) is 7.87. The van der Waals surface area contributed by atoms with Crippen LogP contribution in [0, 0.1) is 12.3 Å². The molecule has 1 aliphatic rings. The van der Waals surface area contributed by atoms with Crippen LogP contribution in [0.15, 0.2) is 24.3 Å². The van der Waals surface area contributed by atoms with E-state index in [1.54, 1.807) is 53.7 Å². The van der Waals surface area contributed by atoms with Gasteiger partial charge in [-0.25, -0.2) is 14.4 Å². The molecular formula is C25H34N2O7.